The molecular weight excluding hydrogens is 148 g/mol. The standard InChI is InChI=1S/C8H7ClO/c9-6-8(10)7-4-2-1-3-5-7/h1-6,10H. The van der Waals surface area contributed by atoms with Crippen molar-refractivity contribution in [2.75, 3.05) is 0 Å². The molecule has 52 valence electrons. The minimum atomic E-state index is 0.0993. The van der Waals surface area contributed by atoms with Crippen LogP contribution < -0.4 is 0 Å². The molecule has 2 heteroatoms. The number of benzene rings is 1. The van der Waals surface area contributed by atoms with Gasteiger partial charge in [0.1, 0.15) is 5.76 Å². The molecule has 0 aliphatic carbocycles. The highest BCUT2D eigenvalue weighted by molar-refractivity contribution is 6.27. The highest BCUT2D eigenvalue weighted by Gasteiger charge is 1.92. The number of hydrogen-bond donors (Lipinski definition) is 1. The summed E-state index contributed by atoms with van der Waals surface area (Å²) in [6, 6.07) is 9.13. The summed E-state index contributed by atoms with van der Waals surface area (Å²) >= 11 is 5.27. The van der Waals surface area contributed by atoms with E-state index < -0.39 is 0 Å². The lowest BCUT2D eigenvalue weighted by molar-refractivity contribution is 0.513. The molecule has 1 nitrogen and oxygen atoms in total. The van der Waals surface area contributed by atoms with Crippen molar-refractivity contribution in [3.63, 3.8) is 0 Å². The van der Waals surface area contributed by atoms with E-state index >= 15 is 0 Å². The fraction of sp³-hybridized carbons (Fsp3) is 0. The molecule has 0 aliphatic heterocycles. The van der Waals surface area contributed by atoms with Gasteiger partial charge in [0.15, 0.2) is 0 Å². The molecule has 0 amide bonds. The number of rotatable bonds is 1. The number of aliphatic hydroxyl groups is 1. The fourth-order valence-corrected chi connectivity index (χ4v) is 0.798. The van der Waals surface area contributed by atoms with Crippen LogP contribution in [0.25, 0.3) is 5.76 Å². The van der Waals surface area contributed by atoms with Crippen LogP contribution >= 0.6 is 11.6 Å². The predicted octanol–water partition coefficient (Wildman–Crippen LogP) is 2.78. The highest BCUT2D eigenvalue weighted by Crippen LogP contribution is 2.10. The van der Waals surface area contributed by atoms with Crippen molar-refractivity contribution in [3.8, 4) is 0 Å². The molecule has 0 spiro atoms. The summed E-state index contributed by atoms with van der Waals surface area (Å²) in [6.07, 6.45) is 0. The zero-order valence-electron chi connectivity index (χ0n) is 5.29. The van der Waals surface area contributed by atoms with E-state index in [0.29, 0.717) is 0 Å². The molecule has 0 atom stereocenters. The second kappa shape index (κ2) is 3.28. The van der Waals surface area contributed by atoms with E-state index in [1.165, 1.54) is 0 Å². The Kier molecular flexibility index (Phi) is 2.35. The van der Waals surface area contributed by atoms with Gasteiger partial charge in [-0.3, -0.25) is 0 Å². The van der Waals surface area contributed by atoms with Crippen LogP contribution in [-0.2, 0) is 0 Å². The second-order valence-electron chi connectivity index (χ2n) is 1.86. The van der Waals surface area contributed by atoms with Crippen LogP contribution in [0.4, 0.5) is 0 Å². The molecule has 0 saturated heterocycles. The minimum absolute atomic E-state index is 0.0993. The Labute approximate surface area is 64.6 Å². The van der Waals surface area contributed by atoms with E-state index in [1.807, 2.05) is 18.2 Å². The number of aliphatic hydroxyl groups excluding tert-OH is 1. The molecular formula is C8H7ClO. The Morgan fingerprint density at radius 3 is 2.40 bits per heavy atom. The first kappa shape index (κ1) is 7.16. The maximum Gasteiger partial charge on any atom is 0.134 e. The average molecular weight is 155 g/mol. The second-order valence-corrected chi connectivity index (χ2v) is 2.08. The van der Waals surface area contributed by atoms with Crippen molar-refractivity contribution in [2.24, 2.45) is 0 Å². The van der Waals surface area contributed by atoms with Crippen LogP contribution in [0.5, 0.6) is 0 Å². The Hall–Kier alpha value is -0.950. The van der Waals surface area contributed by atoms with E-state index in [-0.39, 0.29) is 5.76 Å². The van der Waals surface area contributed by atoms with Gasteiger partial charge in [-0.1, -0.05) is 41.9 Å². The molecule has 0 radical (unpaired) electrons. The normalized spacial score (nSPS) is 11.5. The van der Waals surface area contributed by atoms with Crippen LogP contribution in [0.15, 0.2) is 35.9 Å². The highest BCUT2D eigenvalue weighted by atomic mass is 35.5. The lowest BCUT2D eigenvalue weighted by atomic mass is 10.2. The topological polar surface area (TPSA) is 20.2 Å². The first-order chi connectivity index (χ1) is 4.84. The molecule has 1 rings (SSSR count). The molecule has 1 N–H and O–H groups in total. The zero-order valence-corrected chi connectivity index (χ0v) is 6.05. The Balaban J connectivity index is 2.96. The lowest BCUT2D eigenvalue weighted by Gasteiger charge is -1.95. The van der Waals surface area contributed by atoms with Crippen molar-refractivity contribution in [1.29, 1.82) is 0 Å². The summed E-state index contributed by atoms with van der Waals surface area (Å²) < 4.78 is 0. The molecule has 0 saturated carbocycles. The van der Waals surface area contributed by atoms with E-state index in [9.17, 15) is 0 Å². The maximum absolute atomic E-state index is 9.06. The largest absolute Gasteiger partial charge is 0.506 e. The van der Waals surface area contributed by atoms with Crippen molar-refractivity contribution in [2.45, 2.75) is 0 Å². The number of hydrogen-bond acceptors (Lipinski definition) is 1. The van der Waals surface area contributed by atoms with Gasteiger partial charge in [0.25, 0.3) is 0 Å². The molecule has 0 bridgehead atoms. The van der Waals surface area contributed by atoms with Crippen molar-refractivity contribution in [3.05, 3.63) is 41.4 Å². The van der Waals surface area contributed by atoms with Crippen LogP contribution in [0.2, 0.25) is 0 Å². The van der Waals surface area contributed by atoms with Crippen LogP contribution in [0.1, 0.15) is 5.56 Å². The van der Waals surface area contributed by atoms with Crippen LogP contribution in [0, 0.1) is 0 Å². The van der Waals surface area contributed by atoms with Crippen molar-refractivity contribution >= 4 is 17.4 Å². The van der Waals surface area contributed by atoms with Gasteiger partial charge in [-0.15, -0.1) is 0 Å². The Morgan fingerprint density at radius 2 is 1.90 bits per heavy atom. The third-order valence-corrected chi connectivity index (χ3v) is 1.38. The van der Waals surface area contributed by atoms with E-state index in [4.69, 9.17) is 16.7 Å². The first-order valence-corrected chi connectivity index (χ1v) is 3.33. The van der Waals surface area contributed by atoms with Gasteiger partial charge in [0.2, 0.25) is 0 Å². The minimum Gasteiger partial charge on any atom is -0.506 e. The Bertz CT molecular complexity index is 228. The van der Waals surface area contributed by atoms with Crippen molar-refractivity contribution < 1.29 is 5.11 Å². The molecule has 1 aromatic rings. The molecule has 10 heavy (non-hydrogen) atoms. The van der Waals surface area contributed by atoms with Crippen LogP contribution in [0.3, 0.4) is 0 Å². The van der Waals surface area contributed by atoms with E-state index in [1.54, 1.807) is 12.1 Å². The molecule has 0 heterocycles. The van der Waals surface area contributed by atoms with Gasteiger partial charge < -0.3 is 5.11 Å². The van der Waals surface area contributed by atoms with Gasteiger partial charge >= 0.3 is 0 Å². The summed E-state index contributed by atoms with van der Waals surface area (Å²) in [5, 5.41) is 9.06. The monoisotopic (exact) mass is 154 g/mol. The molecule has 0 unspecified atom stereocenters. The zero-order chi connectivity index (χ0) is 7.40. The number of halogens is 1. The van der Waals surface area contributed by atoms with Crippen molar-refractivity contribution in [1.82, 2.24) is 0 Å². The summed E-state index contributed by atoms with van der Waals surface area (Å²) in [7, 11) is 0. The molecule has 1 aromatic carbocycles. The average Bonchev–Trinajstić information content (AvgIpc) is 2.05. The van der Waals surface area contributed by atoms with Gasteiger partial charge in [-0.25, -0.2) is 0 Å². The third-order valence-electron chi connectivity index (χ3n) is 1.17. The molecule has 0 fully saturated rings. The van der Waals surface area contributed by atoms with E-state index in [0.717, 1.165) is 11.1 Å². The summed E-state index contributed by atoms with van der Waals surface area (Å²) in [5.74, 6) is 0.0993. The molecule has 0 aromatic heterocycles. The van der Waals surface area contributed by atoms with Gasteiger partial charge in [-0.05, 0) is 0 Å². The fourth-order valence-electron chi connectivity index (χ4n) is 0.672. The van der Waals surface area contributed by atoms with Crippen LogP contribution in [-0.4, -0.2) is 5.11 Å². The van der Waals surface area contributed by atoms with Gasteiger partial charge in [-0.2, -0.15) is 0 Å². The first-order valence-electron chi connectivity index (χ1n) is 2.89. The third kappa shape index (κ3) is 1.52. The Morgan fingerprint density at radius 1 is 1.30 bits per heavy atom. The summed E-state index contributed by atoms with van der Waals surface area (Å²) in [4.78, 5) is 0. The quantitative estimate of drug-likeness (QED) is 0.617. The predicted molar refractivity (Wildman–Crippen MR) is 42.9 cm³/mol. The maximum atomic E-state index is 9.06. The molecule has 0 aliphatic rings. The van der Waals surface area contributed by atoms with E-state index in [2.05, 4.69) is 0 Å². The summed E-state index contributed by atoms with van der Waals surface area (Å²) in [6.45, 7) is 0. The lowest BCUT2D eigenvalue weighted by Crippen LogP contribution is -1.78. The smallest absolute Gasteiger partial charge is 0.134 e. The summed E-state index contributed by atoms with van der Waals surface area (Å²) in [5.41, 5.74) is 1.88. The SMILES string of the molecule is OC(=CCl)c1ccccc1. The van der Waals surface area contributed by atoms with Gasteiger partial charge in [0.05, 0.1) is 0 Å². The van der Waals surface area contributed by atoms with Gasteiger partial charge in [0, 0.05) is 11.1 Å².